The van der Waals surface area contributed by atoms with Gasteiger partial charge in [-0.3, -0.25) is 0 Å². The van der Waals surface area contributed by atoms with Gasteiger partial charge in [0.25, 0.3) is 0 Å². The van der Waals surface area contributed by atoms with Crippen LogP contribution in [0, 0.1) is 29.1 Å². The smallest absolute Gasteiger partial charge is 0.338 e. The zero-order valence-corrected chi connectivity index (χ0v) is 15.1. The molecule has 0 spiro atoms. The van der Waals surface area contributed by atoms with Gasteiger partial charge in [-0.25, -0.2) is 9.59 Å². The zero-order chi connectivity index (χ0) is 19.2. The van der Waals surface area contributed by atoms with Crippen LogP contribution in [0.5, 0.6) is 0 Å². The highest BCUT2D eigenvalue weighted by Gasteiger charge is 2.44. The normalized spacial score (nSPS) is 29.8. The fourth-order valence-electron chi connectivity index (χ4n) is 3.76. The van der Waals surface area contributed by atoms with Crippen molar-refractivity contribution in [1.82, 2.24) is 0 Å². The van der Waals surface area contributed by atoms with Gasteiger partial charge >= 0.3 is 11.9 Å². The molecule has 4 rings (SSSR count). The van der Waals surface area contributed by atoms with E-state index in [9.17, 15) is 9.59 Å². The largest absolute Gasteiger partial charge is 0.396 e. The van der Waals surface area contributed by atoms with E-state index in [0.29, 0.717) is 6.42 Å². The van der Waals surface area contributed by atoms with Crippen LogP contribution in [0.15, 0.2) is 36.5 Å². The molecule has 0 aromatic rings. The van der Waals surface area contributed by atoms with Crippen molar-refractivity contribution in [2.45, 2.75) is 26.2 Å². The topological polar surface area (TPSA) is 104 Å². The monoisotopic (exact) mass is 364 g/mol. The molecular weight excluding hydrogens is 336 g/mol. The quantitative estimate of drug-likeness (QED) is 0.395. The lowest BCUT2D eigenvalue weighted by Gasteiger charge is -2.24. The van der Waals surface area contributed by atoms with Crippen LogP contribution in [0.4, 0.5) is 0 Å². The van der Waals surface area contributed by atoms with Gasteiger partial charge in [0.05, 0.1) is 19.8 Å². The second-order valence-electron chi connectivity index (χ2n) is 7.25. The summed E-state index contributed by atoms with van der Waals surface area (Å²) in [6, 6.07) is 0. The Balaban J connectivity index is 0.000000143. The van der Waals surface area contributed by atoms with E-state index in [2.05, 4.69) is 29.0 Å². The molecule has 6 nitrogen and oxygen atoms in total. The maximum Gasteiger partial charge on any atom is 0.338 e. The summed E-state index contributed by atoms with van der Waals surface area (Å²) >= 11 is 0. The lowest BCUT2D eigenvalue weighted by Crippen LogP contribution is -2.32. The average Bonchev–Trinajstić information content (AvgIpc) is 3.42. The van der Waals surface area contributed by atoms with E-state index in [0.717, 1.165) is 35.8 Å². The van der Waals surface area contributed by atoms with Crippen LogP contribution < -0.4 is 0 Å². The predicted octanol–water partition coefficient (Wildman–Crippen LogP) is 1.37. The van der Waals surface area contributed by atoms with Gasteiger partial charge < -0.3 is 20.1 Å². The Kier molecular flexibility index (Phi) is 7.32. The minimum atomic E-state index is -0.667. The first kappa shape index (κ1) is 20.6. The molecule has 0 saturated heterocycles. The van der Waals surface area contributed by atoms with Crippen molar-refractivity contribution in [3.8, 4) is 0 Å². The Morgan fingerprint density at radius 3 is 1.96 bits per heavy atom. The number of cyclic esters (lactones) is 2. The number of hydrogen-bond acceptors (Lipinski definition) is 6. The summed E-state index contributed by atoms with van der Waals surface area (Å²) in [5.74, 6) is 2.67. The van der Waals surface area contributed by atoms with Crippen molar-refractivity contribution in [1.29, 1.82) is 0 Å². The first-order chi connectivity index (χ1) is 12.5. The standard InChI is InChI=1S/C10H12.C6H14O3.C4H2O3/c1-2-9-7-4-5-8(6-7)10(9)3-1;1-2-6(3-7,4-8)5-9;5-3-1-2-4(6)7-3/h1-2,4-5,7-10H,3,6H2;7-9H,2-5H2,1H3;1-2H. The summed E-state index contributed by atoms with van der Waals surface area (Å²) in [6.07, 6.45) is 15.3. The number of hydrogen-bond donors (Lipinski definition) is 3. The van der Waals surface area contributed by atoms with Crippen LogP contribution in [-0.2, 0) is 14.3 Å². The number of carbonyl (C=O) groups excluding carboxylic acids is 2. The van der Waals surface area contributed by atoms with Crippen LogP contribution in [0.3, 0.4) is 0 Å². The number of esters is 2. The van der Waals surface area contributed by atoms with Gasteiger partial charge in [0.1, 0.15) is 0 Å². The van der Waals surface area contributed by atoms with Crippen molar-refractivity contribution < 1.29 is 29.6 Å². The summed E-state index contributed by atoms with van der Waals surface area (Å²) in [5.41, 5.74) is -0.667. The average molecular weight is 364 g/mol. The molecule has 0 aromatic heterocycles. The number of aliphatic hydroxyl groups excluding tert-OH is 3. The molecule has 4 aliphatic rings. The van der Waals surface area contributed by atoms with E-state index < -0.39 is 17.4 Å². The van der Waals surface area contributed by atoms with Gasteiger partial charge in [-0.05, 0) is 42.9 Å². The number of carbonyl (C=O) groups is 2. The SMILES string of the molecule is C1=CC2C3C=CC(C3)C2C1.CCC(CO)(CO)CO.O=C1C=CC(=O)O1. The van der Waals surface area contributed by atoms with Gasteiger partial charge in [-0.15, -0.1) is 0 Å². The van der Waals surface area contributed by atoms with E-state index in [1.54, 1.807) is 0 Å². The minimum absolute atomic E-state index is 0.156. The first-order valence-corrected chi connectivity index (χ1v) is 9.10. The minimum Gasteiger partial charge on any atom is -0.396 e. The summed E-state index contributed by atoms with van der Waals surface area (Å²) in [6.45, 7) is 1.35. The van der Waals surface area contributed by atoms with Crippen molar-refractivity contribution in [3.05, 3.63) is 36.5 Å². The van der Waals surface area contributed by atoms with Crippen molar-refractivity contribution in [2.75, 3.05) is 19.8 Å². The molecule has 1 saturated carbocycles. The molecule has 0 aromatic carbocycles. The molecule has 4 atom stereocenters. The van der Waals surface area contributed by atoms with E-state index in [-0.39, 0.29) is 19.8 Å². The van der Waals surface area contributed by atoms with Crippen LogP contribution in [0.1, 0.15) is 26.2 Å². The molecule has 1 fully saturated rings. The van der Waals surface area contributed by atoms with Gasteiger partial charge in [0.15, 0.2) is 0 Å². The van der Waals surface area contributed by atoms with Crippen LogP contribution >= 0.6 is 0 Å². The summed E-state index contributed by atoms with van der Waals surface area (Å²) in [5, 5.41) is 26.0. The molecule has 3 N–H and O–H groups in total. The predicted molar refractivity (Wildman–Crippen MR) is 95.7 cm³/mol. The van der Waals surface area contributed by atoms with Crippen LogP contribution in [0.2, 0.25) is 0 Å². The number of fused-ring (bicyclic) bond motifs is 5. The second kappa shape index (κ2) is 9.26. The fraction of sp³-hybridized carbons (Fsp3) is 0.600. The third-order valence-electron chi connectivity index (χ3n) is 5.77. The van der Waals surface area contributed by atoms with E-state index >= 15 is 0 Å². The third-order valence-corrected chi connectivity index (χ3v) is 5.77. The lowest BCUT2D eigenvalue weighted by atomic mass is 9.86. The third kappa shape index (κ3) is 4.69. The number of rotatable bonds is 4. The van der Waals surface area contributed by atoms with E-state index in [1.165, 1.54) is 12.8 Å². The van der Waals surface area contributed by atoms with E-state index in [4.69, 9.17) is 15.3 Å². The second-order valence-corrected chi connectivity index (χ2v) is 7.25. The first-order valence-electron chi connectivity index (χ1n) is 9.10. The van der Waals surface area contributed by atoms with Gasteiger partial charge in [0, 0.05) is 17.6 Å². The number of ether oxygens (including phenoxy) is 1. The van der Waals surface area contributed by atoms with Crippen molar-refractivity contribution in [3.63, 3.8) is 0 Å². The molecule has 3 aliphatic carbocycles. The Hall–Kier alpha value is -1.76. The Morgan fingerprint density at radius 2 is 1.58 bits per heavy atom. The maximum atomic E-state index is 9.92. The fourth-order valence-corrected chi connectivity index (χ4v) is 3.76. The molecule has 26 heavy (non-hydrogen) atoms. The zero-order valence-electron chi connectivity index (χ0n) is 15.1. The number of aliphatic hydroxyl groups is 3. The van der Waals surface area contributed by atoms with Gasteiger partial charge in [-0.2, -0.15) is 0 Å². The lowest BCUT2D eigenvalue weighted by molar-refractivity contribution is -0.150. The molecule has 2 bridgehead atoms. The Morgan fingerprint density at radius 1 is 1.00 bits per heavy atom. The molecule has 0 radical (unpaired) electrons. The Bertz CT molecular complexity index is 554. The highest BCUT2D eigenvalue weighted by molar-refractivity contribution is 6.04. The van der Waals surface area contributed by atoms with Crippen LogP contribution in [0.25, 0.3) is 0 Å². The summed E-state index contributed by atoms with van der Waals surface area (Å²) < 4.78 is 3.97. The summed E-state index contributed by atoms with van der Waals surface area (Å²) in [4.78, 5) is 19.8. The molecule has 0 amide bonds. The van der Waals surface area contributed by atoms with Crippen molar-refractivity contribution in [2.24, 2.45) is 29.1 Å². The van der Waals surface area contributed by atoms with E-state index in [1.807, 2.05) is 6.92 Å². The molecule has 1 heterocycles. The maximum absolute atomic E-state index is 9.92. The molecule has 4 unspecified atom stereocenters. The highest BCUT2D eigenvalue weighted by Crippen LogP contribution is 2.52. The molecule has 144 valence electrons. The molecule has 6 heteroatoms. The van der Waals surface area contributed by atoms with Gasteiger partial charge in [-0.1, -0.05) is 31.2 Å². The van der Waals surface area contributed by atoms with Gasteiger partial charge in [0.2, 0.25) is 0 Å². The van der Waals surface area contributed by atoms with Crippen LogP contribution in [-0.4, -0.2) is 47.1 Å². The number of allylic oxidation sites excluding steroid dienone is 4. The van der Waals surface area contributed by atoms with Crippen molar-refractivity contribution >= 4 is 11.9 Å². The molecular formula is C20H28O6. The molecule has 1 aliphatic heterocycles. The summed E-state index contributed by atoms with van der Waals surface area (Å²) in [7, 11) is 0. The Labute approximate surface area is 153 Å². The highest BCUT2D eigenvalue weighted by atomic mass is 16.6.